The van der Waals surface area contributed by atoms with Crippen LogP contribution in [0.1, 0.15) is 22.3 Å². The summed E-state index contributed by atoms with van der Waals surface area (Å²) in [6, 6.07) is 22.1. The second-order valence-electron chi connectivity index (χ2n) is 8.24. The largest absolute Gasteiger partial charge is 0.383 e. The molecule has 0 aromatic heterocycles. The number of rotatable bonds is 4. The van der Waals surface area contributed by atoms with E-state index in [1.54, 1.807) is 0 Å². The van der Waals surface area contributed by atoms with Crippen LogP contribution in [0.4, 0.5) is 17.1 Å². The molecule has 1 N–H and O–H groups in total. The van der Waals surface area contributed by atoms with Gasteiger partial charge in [-0.25, -0.2) is 0 Å². The second kappa shape index (κ2) is 7.31. The highest BCUT2D eigenvalue weighted by Crippen LogP contribution is 2.49. The zero-order valence-corrected chi connectivity index (χ0v) is 18.5. The highest BCUT2D eigenvalue weighted by molar-refractivity contribution is 6.31. The van der Waals surface area contributed by atoms with Crippen molar-refractivity contribution in [2.75, 3.05) is 49.9 Å². The Kier molecular flexibility index (Phi) is 4.95. The summed E-state index contributed by atoms with van der Waals surface area (Å²) in [5.74, 6) is 0. The minimum atomic E-state index is -0.250. The summed E-state index contributed by atoms with van der Waals surface area (Å²) in [6.07, 6.45) is 0. The van der Waals surface area contributed by atoms with E-state index in [-0.39, 0.29) is 5.41 Å². The Bertz CT molecular complexity index is 970. The molecule has 0 saturated carbocycles. The van der Waals surface area contributed by atoms with Crippen molar-refractivity contribution in [1.29, 1.82) is 0 Å². The van der Waals surface area contributed by atoms with Gasteiger partial charge in [0.1, 0.15) is 0 Å². The molecular formula is C25H28ClN3. The maximum Gasteiger partial charge on any atom is 0.0644 e. The van der Waals surface area contributed by atoms with Gasteiger partial charge in [-0.2, -0.15) is 0 Å². The number of halogens is 1. The van der Waals surface area contributed by atoms with E-state index in [4.69, 9.17) is 11.6 Å². The Morgan fingerprint density at radius 2 is 1.24 bits per heavy atom. The normalized spacial score (nSPS) is 14.3. The van der Waals surface area contributed by atoms with E-state index in [2.05, 4.69) is 105 Å². The molecule has 0 spiro atoms. The average molecular weight is 406 g/mol. The zero-order chi connectivity index (χ0) is 20.8. The minimum Gasteiger partial charge on any atom is -0.383 e. The lowest BCUT2D eigenvalue weighted by atomic mass is 9.70. The minimum absolute atomic E-state index is 0.250. The molecule has 0 bridgehead atoms. The van der Waals surface area contributed by atoms with Gasteiger partial charge in [-0.3, -0.25) is 0 Å². The maximum absolute atomic E-state index is 6.44. The maximum atomic E-state index is 6.44. The Morgan fingerprint density at radius 1 is 0.759 bits per heavy atom. The Morgan fingerprint density at radius 3 is 1.69 bits per heavy atom. The summed E-state index contributed by atoms with van der Waals surface area (Å²) in [7, 11) is 8.29. The molecule has 4 rings (SSSR count). The quantitative estimate of drug-likeness (QED) is 0.614. The number of hydrogen-bond donors (Lipinski definition) is 1. The molecule has 150 valence electrons. The van der Waals surface area contributed by atoms with E-state index >= 15 is 0 Å². The van der Waals surface area contributed by atoms with Crippen LogP contribution in [-0.4, -0.2) is 34.7 Å². The van der Waals surface area contributed by atoms with Gasteiger partial charge in [0.25, 0.3) is 0 Å². The Balaban J connectivity index is 1.93. The summed E-state index contributed by atoms with van der Waals surface area (Å²) in [5, 5.41) is 4.47. The number of fused-ring (bicyclic) bond motifs is 1. The fraction of sp³-hybridized carbons (Fsp3) is 0.280. The topological polar surface area (TPSA) is 18.5 Å². The van der Waals surface area contributed by atoms with Crippen LogP contribution in [0.15, 0.2) is 60.7 Å². The zero-order valence-electron chi connectivity index (χ0n) is 17.8. The molecule has 0 atom stereocenters. The van der Waals surface area contributed by atoms with Crippen LogP contribution >= 0.6 is 11.6 Å². The van der Waals surface area contributed by atoms with Crippen molar-refractivity contribution in [3.05, 3.63) is 87.9 Å². The van der Waals surface area contributed by atoms with Crippen LogP contribution < -0.4 is 15.1 Å². The summed E-state index contributed by atoms with van der Waals surface area (Å²) < 4.78 is 0. The van der Waals surface area contributed by atoms with Crippen molar-refractivity contribution in [3.8, 4) is 0 Å². The number of hydrogen-bond acceptors (Lipinski definition) is 3. The molecule has 1 heterocycles. The predicted octanol–water partition coefficient (Wildman–Crippen LogP) is 5.54. The predicted molar refractivity (Wildman–Crippen MR) is 126 cm³/mol. The molecule has 0 radical (unpaired) electrons. The van der Waals surface area contributed by atoms with E-state index in [9.17, 15) is 0 Å². The van der Waals surface area contributed by atoms with Crippen molar-refractivity contribution in [3.63, 3.8) is 0 Å². The average Bonchev–Trinajstić information content (AvgIpc) is 3.12. The van der Waals surface area contributed by atoms with Crippen LogP contribution in [0.2, 0.25) is 5.02 Å². The van der Waals surface area contributed by atoms with E-state index in [1.165, 1.54) is 28.1 Å². The van der Waals surface area contributed by atoms with Gasteiger partial charge in [-0.1, -0.05) is 41.9 Å². The molecule has 0 amide bonds. The highest BCUT2D eigenvalue weighted by Gasteiger charge is 2.43. The van der Waals surface area contributed by atoms with Gasteiger partial charge in [0.05, 0.1) is 5.41 Å². The third-order valence-corrected chi connectivity index (χ3v) is 6.55. The highest BCUT2D eigenvalue weighted by atomic mass is 35.5. The number of nitrogens with zero attached hydrogens (tertiary/aromatic N) is 2. The molecular weight excluding hydrogens is 378 g/mol. The molecule has 0 unspecified atom stereocenters. The molecule has 3 aromatic carbocycles. The van der Waals surface area contributed by atoms with Gasteiger partial charge < -0.3 is 15.1 Å². The molecule has 0 aliphatic carbocycles. The lowest BCUT2D eigenvalue weighted by molar-refractivity contribution is 0.686. The van der Waals surface area contributed by atoms with Crippen molar-refractivity contribution in [2.45, 2.75) is 12.3 Å². The summed E-state index contributed by atoms with van der Waals surface area (Å²) >= 11 is 6.44. The second-order valence-corrected chi connectivity index (χ2v) is 8.64. The van der Waals surface area contributed by atoms with Crippen molar-refractivity contribution < 1.29 is 0 Å². The van der Waals surface area contributed by atoms with Gasteiger partial charge >= 0.3 is 0 Å². The molecule has 3 nitrogen and oxygen atoms in total. The monoisotopic (exact) mass is 405 g/mol. The lowest BCUT2D eigenvalue weighted by Gasteiger charge is -2.32. The summed E-state index contributed by atoms with van der Waals surface area (Å²) in [6.45, 7) is 2.90. The molecule has 1 aliphatic rings. The molecule has 1 aliphatic heterocycles. The third kappa shape index (κ3) is 3.14. The van der Waals surface area contributed by atoms with Gasteiger partial charge in [0, 0.05) is 56.8 Å². The van der Waals surface area contributed by atoms with Crippen LogP contribution in [0.25, 0.3) is 0 Å². The van der Waals surface area contributed by atoms with E-state index < -0.39 is 0 Å². The molecule has 3 aromatic rings. The van der Waals surface area contributed by atoms with E-state index in [0.29, 0.717) is 0 Å². The first-order valence-corrected chi connectivity index (χ1v) is 10.3. The van der Waals surface area contributed by atoms with Gasteiger partial charge in [-0.05, 0) is 59.5 Å². The first kappa shape index (κ1) is 19.7. The first-order chi connectivity index (χ1) is 13.8. The summed E-state index contributed by atoms with van der Waals surface area (Å²) in [5.41, 5.74) is 8.28. The molecule has 4 heteroatoms. The van der Waals surface area contributed by atoms with Crippen molar-refractivity contribution in [1.82, 2.24) is 0 Å². The lowest BCUT2D eigenvalue weighted by Crippen LogP contribution is -2.31. The van der Waals surface area contributed by atoms with Crippen LogP contribution in [0, 0.1) is 6.92 Å². The number of nitrogens with one attached hydrogen (secondary N) is 1. The van der Waals surface area contributed by atoms with Gasteiger partial charge in [0.2, 0.25) is 0 Å². The Labute approximate surface area is 178 Å². The molecule has 0 fully saturated rings. The van der Waals surface area contributed by atoms with Crippen LogP contribution in [0.3, 0.4) is 0 Å². The molecule has 0 saturated heterocycles. The Hall–Kier alpha value is -2.65. The van der Waals surface area contributed by atoms with E-state index in [0.717, 1.165) is 22.8 Å². The fourth-order valence-electron chi connectivity index (χ4n) is 4.36. The van der Waals surface area contributed by atoms with Crippen molar-refractivity contribution in [2.24, 2.45) is 0 Å². The van der Waals surface area contributed by atoms with Gasteiger partial charge in [-0.15, -0.1) is 0 Å². The summed E-state index contributed by atoms with van der Waals surface area (Å²) in [4.78, 5) is 4.26. The SMILES string of the molecule is Cc1c(Cl)ccc2c1NCC2(c1ccc(N(C)C)cc1)c1ccc(N(C)C)cc1. The molecule has 29 heavy (non-hydrogen) atoms. The van der Waals surface area contributed by atoms with E-state index in [1.807, 2.05) is 6.07 Å². The number of anilines is 3. The van der Waals surface area contributed by atoms with Crippen LogP contribution in [-0.2, 0) is 5.41 Å². The first-order valence-electron chi connectivity index (χ1n) is 9.94. The fourth-order valence-corrected chi connectivity index (χ4v) is 4.51. The number of benzene rings is 3. The van der Waals surface area contributed by atoms with Gasteiger partial charge in [0.15, 0.2) is 0 Å². The van der Waals surface area contributed by atoms with Crippen LogP contribution in [0.5, 0.6) is 0 Å². The smallest absolute Gasteiger partial charge is 0.0644 e. The van der Waals surface area contributed by atoms with Crippen molar-refractivity contribution >= 4 is 28.7 Å². The standard InChI is InChI=1S/C25H28ClN3/c1-17-23(26)15-14-22-24(17)27-16-25(22,18-6-10-20(11-7-18)28(2)3)19-8-12-21(13-9-19)29(4)5/h6-15,27H,16H2,1-5H3. The third-order valence-electron chi connectivity index (χ3n) is 6.14.